The van der Waals surface area contributed by atoms with E-state index in [1.807, 2.05) is 55.4 Å². The Bertz CT molecular complexity index is 1270. The molecule has 0 unspecified atom stereocenters. The number of aromatic nitrogens is 4. The SMILES string of the molecule is CC(C)(C)OP(=O)(COC[C@H]1O[C@@H](n2ncc3c(NC4CCCC4)nc(Cl)nc32)[C@@H]2OC(C)(C)O[C@@H]21)OC(C)(C)C. The molecule has 1 aliphatic carbocycles. The predicted molar refractivity (Wildman–Crippen MR) is 154 cm³/mol. The summed E-state index contributed by atoms with van der Waals surface area (Å²) in [7, 11) is -3.60. The predicted octanol–water partition coefficient (Wildman–Crippen LogP) is 6.05. The van der Waals surface area contributed by atoms with Gasteiger partial charge in [-0.25, -0.2) is 4.68 Å². The normalized spacial score (nSPS) is 27.1. The molecule has 4 atom stereocenters. The van der Waals surface area contributed by atoms with Gasteiger partial charge in [0.15, 0.2) is 17.7 Å². The number of ether oxygens (including phenoxy) is 4. The molecule has 0 aromatic carbocycles. The minimum atomic E-state index is -3.60. The summed E-state index contributed by atoms with van der Waals surface area (Å²) in [5.41, 5.74) is -0.843. The van der Waals surface area contributed by atoms with Crippen molar-refractivity contribution in [3.63, 3.8) is 0 Å². The van der Waals surface area contributed by atoms with E-state index in [4.69, 9.17) is 39.6 Å². The first-order chi connectivity index (χ1) is 19.0. The van der Waals surface area contributed by atoms with Crippen LogP contribution in [0.1, 0.15) is 87.3 Å². The maximum Gasteiger partial charge on any atom is 0.357 e. The summed E-state index contributed by atoms with van der Waals surface area (Å²) in [5, 5.41) is 9.01. The number of hydrogen-bond donors (Lipinski definition) is 1. The van der Waals surface area contributed by atoms with Crippen molar-refractivity contribution < 1.29 is 32.6 Å². The van der Waals surface area contributed by atoms with Crippen LogP contribution in [0.15, 0.2) is 6.20 Å². The van der Waals surface area contributed by atoms with E-state index in [1.54, 1.807) is 10.9 Å². The van der Waals surface area contributed by atoms with Crippen molar-refractivity contribution in [3.8, 4) is 0 Å². The minimum Gasteiger partial charge on any atom is -0.367 e. The molecule has 3 fully saturated rings. The molecule has 2 saturated heterocycles. The molecule has 0 bridgehead atoms. The lowest BCUT2D eigenvalue weighted by atomic mass is 10.1. The van der Waals surface area contributed by atoms with Crippen molar-refractivity contribution in [3.05, 3.63) is 11.5 Å². The second-order valence-electron chi connectivity index (χ2n) is 13.4. The summed E-state index contributed by atoms with van der Waals surface area (Å²) in [5.74, 6) is -0.189. The van der Waals surface area contributed by atoms with Crippen LogP contribution in [-0.4, -0.2) is 74.0 Å². The third-order valence-corrected chi connectivity index (χ3v) is 9.17. The monoisotopic (exact) mass is 615 g/mol. The highest BCUT2D eigenvalue weighted by Gasteiger charge is 2.56. The molecular formula is C27H43ClN5O7P. The van der Waals surface area contributed by atoms with Crippen molar-refractivity contribution >= 4 is 36.0 Å². The molecule has 12 nitrogen and oxygen atoms in total. The molecule has 3 aliphatic rings. The summed E-state index contributed by atoms with van der Waals surface area (Å²) in [6.07, 6.45) is 3.86. The van der Waals surface area contributed by atoms with Crippen LogP contribution in [-0.2, 0) is 32.6 Å². The summed E-state index contributed by atoms with van der Waals surface area (Å²) in [6, 6.07) is 0.342. The van der Waals surface area contributed by atoms with E-state index in [9.17, 15) is 4.57 Å². The zero-order chi connectivity index (χ0) is 29.8. The average Bonchev–Trinajstić information content (AvgIpc) is 3.56. The number of rotatable bonds is 9. The van der Waals surface area contributed by atoms with Crippen molar-refractivity contribution in [2.45, 2.75) is 129 Å². The van der Waals surface area contributed by atoms with E-state index < -0.39 is 49.1 Å². The standard InChI is InChI=1S/C27H43ClN5O7P/c1-25(2,3)39-41(34,40-26(4,5)6)15-35-14-18-19-20(38-27(7,8)37-19)23(36-18)33-22-17(13-29-33)21(31-24(28)32-22)30-16-11-9-10-12-16/h13,16,18-20,23H,9-12,14-15H2,1-8H3,(H,30,31,32)/t18-,19-,20-,23-/m1/s1. The molecule has 41 heavy (non-hydrogen) atoms. The van der Waals surface area contributed by atoms with Gasteiger partial charge in [0.25, 0.3) is 0 Å². The fourth-order valence-corrected chi connectivity index (χ4v) is 7.94. The van der Waals surface area contributed by atoms with Crippen LogP contribution in [0.25, 0.3) is 11.0 Å². The topological polar surface area (TPSA) is 128 Å². The first-order valence-corrected chi connectivity index (χ1v) is 16.4. The smallest absolute Gasteiger partial charge is 0.357 e. The van der Waals surface area contributed by atoms with Gasteiger partial charge in [-0.05, 0) is 79.8 Å². The lowest BCUT2D eigenvalue weighted by Gasteiger charge is -2.32. The Labute approximate surface area is 246 Å². The van der Waals surface area contributed by atoms with Crippen molar-refractivity contribution in [1.82, 2.24) is 19.7 Å². The maximum atomic E-state index is 13.6. The number of nitrogens with one attached hydrogen (secondary N) is 1. The van der Waals surface area contributed by atoms with Crippen LogP contribution >= 0.6 is 19.2 Å². The molecule has 1 N–H and O–H groups in total. The Morgan fingerprint density at radius 3 is 2.34 bits per heavy atom. The molecule has 4 heterocycles. The molecule has 2 aromatic rings. The molecule has 230 valence electrons. The highest BCUT2D eigenvalue weighted by Crippen LogP contribution is 2.54. The van der Waals surface area contributed by atoms with Crippen molar-refractivity contribution in [2.75, 3.05) is 18.3 Å². The van der Waals surface area contributed by atoms with Crippen LogP contribution in [0.5, 0.6) is 0 Å². The lowest BCUT2D eigenvalue weighted by Crippen LogP contribution is -2.33. The van der Waals surface area contributed by atoms with E-state index in [-0.39, 0.29) is 18.2 Å². The van der Waals surface area contributed by atoms with Crippen LogP contribution < -0.4 is 5.32 Å². The summed E-state index contributed by atoms with van der Waals surface area (Å²) < 4.78 is 51.9. The lowest BCUT2D eigenvalue weighted by molar-refractivity contribution is -0.202. The maximum absolute atomic E-state index is 13.6. The Hall–Kier alpha value is -1.37. The van der Waals surface area contributed by atoms with Gasteiger partial charge in [-0.15, -0.1) is 0 Å². The molecule has 2 aromatic heterocycles. The average molecular weight is 616 g/mol. The summed E-state index contributed by atoms with van der Waals surface area (Å²) in [6.45, 7) is 14.7. The highest BCUT2D eigenvalue weighted by molar-refractivity contribution is 7.53. The first kappa shape index (κ1) is 31.1. The van der Waals surface area contributed by atoms with Crippen LogP contribution in [0.3, 0.4) is 0 Å². The number of anilines is 1. The fraction of sp³-hybridized carbons (Fsp3) is 0.815. The molecule has 0 radical (unpaired) electrons. The Kier molecular flexibility index (Phi) is 8.55. The van der Waals surface area contributed by atoms with Gasteiger partial charge in [0.05, 0.1) is 29.4 Å². The van der Waals surface area contributed by atoms with Crippen molar-refractivity contribution in [1.29, 1.82) is 0 Å². The van der Waals surface area contributed by atoms with Crippen LogP contribution in [0, 0.1) is 0 Å². The van der Waals surface area contributed by atoms with Gasteiger partial charge in [0.2, 0.25) is 5.28 Å². The van der Waals surface area contributed by atoms with Gasteiger partial charge in [0, 0.05) is 6.04 Å². The third-order valence-electron chi connectivity index (χ3n) is 6.85. The Balaban J connectivity index is 1.36. The molecule has 5 rings (SSSR count). The van der Waals surface area contributed by atoms with E-state index in [0.29, 0.717) is 17.5 Å². The van der Waals surface area contributed by atoms with Crippen LogP contribution in [0.2, 0.25) is 5.28 Å². The van der Waals surface area contributed by atoms with E-state index in [2.05, 4.69) is 20.4 Å². The largest absolute Gasteiger partial charge is 0.367 e. The van der Waals surface area contributed by atoms with Gasteiger partial charge in [-0.3, -0.25) is 4.57 Å². The number of halogens is 1. The number of fused-ring (bicyclic) bond motifs is 2. The Morgan fingerprint density at radius 2 is 1.71 bits per heavy atom. The molecule has 14 heteroatoms. The van der Waals surface area contributed by atoms with Gasteiger partial charge >= 0.3 is 7.60 Å². The number of hydrogen-bond acceptors (Lipinski definition) is 11. The first-order valence-electron chi connectivity index (χ1n) is 14.3. The van der Waals surface area contributed by atoms with Gasteiger partial charge in [-0.1, -0.05) is 12.8 Å². The quantitative estimate of drug-likeness (QED) is 0.261. The van der Waals surface area contributed by atoms with Gasteiger partial charge in [-0.2, -0.15) is 15.1 Å². The zero-order valence-corrected chi connectivity index (χ0v) is 26.8. The van der Waals surface area contributed by atoms with E-state index in [0.717, 1.165) is 18.2 Å². The van der Waals surface area contributed by atoms with E-state index >= 15 is 0 Å². The number of nitrogens with zero attached hydrogens (tertiary/aromatic N) is 4. The molecule has 0 spiro atoms. The van der Waals surface area contributed by atoms with E-state index in [1.165, 1.54) is 12.8 Å². The van der Waals surface area contributed by atoms with Crippen LogP contribution in [0.4, 0.5) is 5.82 Å². The summed E-state index contributed by atoms with van der Waals surface area (Å²) >= 11 is 6.36. The van der Waals surface area contributed by atoms with Crippen molar-refractivity contribution in [2.24, 2.45) is 0 Å². The fourth-order valence-electron chi connectivity index (χ4n) is 5.64. The minimum absolute atomic E-state index is 0.0749. The molecular weight excluding hydrogens is 573 g/mol. The third kappa shape index (κ3) is 7.41. The second kappa shape index (κ2) is 11.3. The van der Waals surface area contributed by atoms with Gasteiger partial charge < -0.3 is 33.3 Å². The van der Waals surface area contributed by atoms with Gasteiger partial charge in [0.1, 0.15) is 30.5 Å². The molecule has 2 aliphatic heterocycles. The Morgan fingerprint density at radius 1 is 1.07 bits per heavy atom. The zero-order valence-electron chi connectivity index (χ0n) is 25.2. The highest BCUT2D eigenvalue weighted by atomic mass is 35.5. The molecule has 0 amide bonds. The molecule has 1 saturated carbocycles. The summed E-state index contributed by atoms with van der Waals surface area (Å²) in [4.78, 5) is 8.94. The second-order valence-corrected chi connectivity index (χ2v) is 15.6.